The molecule has 1 N–H and O–H groups in total. The average Bonchev–Trinajstić information content (AvgIpc) is 3.04. The number of hydrogen-bond donors (Lipinski definition) is 1. The zero-order chi connectivity index (χ0) is 15.5. The molecule has 2 rings (SSSR count). The zero-order valence-electron chi connectivity index (χ0n) is 11.9. The van der Waals surface area contributed by atoms with Crippen LogP contribution < -0.4 is 5.32 Å². The van der Waals surface area contributed by atoms with Crippen LogP contribution in [0.1, 0.15) is 25.7 Å². The number of rotatable bonds is 6. The first-order valence-corrected chi connectivity index (χ1v) is 6.66. The van der Waals surface area contributed by atoms with Gasteiger partial charge in [-0.2, -0.15) is 18.3 Å². The van der Waals surface area contributed by atoms with Gasteiger partial charge in [-0.15, -0.1) is 0 Å². The van der Waals surface area contributed by atoms with E-state index in [-0.39, 0.29) is 18.6 Å². The van der Waals surface area contributed by atoms with Gasteiger partial charge in [0.1, 0.15) is 12.4 Å². The van der Waals surface area contributed by atoms with E-state index in [4.69, 9.17) is 0 Å². The van der Waals surface area contributed by atoms with Gasteiger partial charge in [0.2, 0.25) is 0 Å². The Morgan fingerprint density at radius 1 is 1.24 bits per heavy atom. The van der Waals surface area contributed by atoms with Crippen LogP contribution in [0.5, 0.6) is 0 Å². The van der Waals surface area contributed by atoms with Gasteiger partial charge >= 0.3 is 6.18 Å². The van der Waals surface area contributed by atoms with Crippen molar-refractivity contribution in [2.24, 2.45) is 0 Å². The third-order valence-electron chi connectivity index (χ3n) is 3.40. The number of imidazole rings is 1. The minimum Gasteiger partial charge on any atom is -0.325 e. The quantitative estimate of drug-likeness (QED) is 0.891. The fourth-order valence-electron chi connectivity index (χ4n) is 2.02. The van der Waals surface area contributed by atoms with Gasteiger partial charge in [0.15, 0.2) is 0 Å². The summed E-state index contributed by atoms with van der Waals surface area (Å²) in [5.41, 5.74) is 0. The Morgan fingerprint density at radius 2 is 2.00 bits per heavy atom. The summed E-state index contributed by atoms with van der Waals surface area (Å²) in [7, 11) is 0. The van der Waals surface area contributed by atoms with E-state index in [9.17, 15) is 13.2 Å². The SMILES string of the molecule is C[C@@H](NCc1nccn1CC(F)(F)F)[C@H](C)n1cccn1. The maximum Gasteiger partial charge on any atom is 0.406 e. The Labute approximate surface area is 120 Å². The normalized spacial score (nSPS) is 15.1. The number of hydrogen-bond acceptors (Lipinski definition) is 3. The predicted molar refractivity (Wildman–Crippen MR) is 71.5 cm³/mol. The Kier molecular flexibility index (Phi) is 4.66. The highest BCUT2D eigenvalue weighted by atomic mass is 19.4. The maximum absolute atomic E-state index is 12.4. The lowest BCUT2D eigenvalue weighted by molar-refractivity contribution is -0.141. The summed E-state index contributed by atoms with van der Waals surface area (Å²) in [6.45, 7) is 3.21. The van der Waals surface area contributed by atoms with Crippen molar-refractivity contribution < 1.29 is 13.2 Å². The van der Waals surface area contributed by atoms with E-state index < -0.39 is 12.7 Å². The van der Waals surface area contributed by atoms with Crippen molar-refractivity contribution in [2.45, 2.75) is 45.2 Å². The average molecular weight is 301 g/mol. The monoisotopic (exact) mass is 301 g/mol. The number of nitrogens with one attached hydrogen (secondary N) is 1. The van der Waals surface area contributed by atoms with Gasteiger partial charge in [0.05, 0.1) is 12.6 Å². The Bertz CT molecular complexity index is 546. The Morgan fingerprint density at radius 3 is 2.62 bits per heavy atom. The molecule has 5 nitrogen and oxygen atoms in total. The molecule has 0 amide bonds. The second kappa shape index (κ2) is 6.30. The van der Waals surface area contributed by atoms with Crippen molar-refractivity contribution in [1.82, 2.24) is 24.6 Å². The van der Waals surface area contributed by atoms with E-state index in [2.05, 4.69) is 15.4 Å². The standard InChI is InChI=1S/C13H18F3N5/c1-10(11(2)21-6-3-4-19-21)18-8-12-17-5-7-20(12)9-13(14,15)16/h3-7,10-11,18H,8-9H2,1-2H3/t10-,11+/m1/s1. The van der Waals surface area contributed by atoms with Crippen LogP contribution in [-0.2, 0) is 13.1 Å². The van der Waals surface area contributed by atoms with Gasteiger partial charge in [-0.3, -0.25) is 4.68 Å². The predicted octanol–water partition coefficient (Wildman–Crippen LogP) is 2.38. The Balaban J connectivity index is 1.93. The molecule has 2 atom stereocenters. The first-order chi connectivity index (χ1) is 9.87. The number of halogens is 3. The van der Waals surface area contributed by atoms with Crippen molar-refractivity contribution in [3.05, 3.63) is 36.7 Å². The zero-order valence-corrected chi connectivity index (χ0v) is 11.9. The van der Waals surface area contributed by atoms with Crippen LogP contribution in [-0.4, -0.2) is 31.5 Å². The number of aromatic nitrogens is 4. The summed E-state index contributed by atoms with van der Waals surface area (Å²) >= 11 is 0. The van der Waals surface area contributed by atoms with Crippen molar-refractivity contribution in [1.29, 1.82) is 0 Å². The van der Waals surface area contributed by atoms with E-state index in [0.717, 1.165) is 4.57 Å². The van der Waals surface area contributed by atoms with Gasteiger partial charge in [-0.25, -0.2) is 4.98 Å². The Hall–Kier alpha value is -1.83. The molecule has 0 bridgehead atoms. The molecule has 2 aromatic heterocycles. The molecule has 0 spiro atoms. The fourth-order valence-corrected chi connectivity index (χ4v) is 2.02. The lowest BCUT2D eigenvalue weighted by atomic mass is 10.2. The molecule has 0 fully saturated rings. The first-order valence-electron chi connectivity index (χ1n) is 6.66. The smallest absolute Gasteiger partial charge is 0.325 e. The molecule has 0 aliphatic rings. The van der Waals surface area contributed by atoms with Crippen molar-refractivity contribution >= 4 is 0 Å². The molecule has 0 radical (unpaired) electrons. The number of alkyl halides is 3. The molecule has 0 saturated heterocycles. The van der Waals surface area contributed by atoms with Crippen LogP contribution in [0.2, 0.25) is 0 Å². The van der Waals surface area contributed by atoms with Crippen LogP contribution >= 0.6 is 0 Å². The van der Waals surface area contributed by atoms with Crippen LogP contribution in [0.3, 0.4) is 0 Å². The molecule has 0 saturated carbocycles. The van der Waals surface area contributed by atoms with Gasteiger partial charge in [0, 0.05) is 30.8 Å². The largest absolute Gasteiger partial charge is 0.406 e. The van der Waals surface area contributed by atoms with Gasteiger partial charge in [-0.1, -0.05) is 0 Å². The summed E-state index contributed by atoms with van der Waals surface area (Å²) in [4.78, 5) is 3.97. The van der Waals surface area contributed by atoms with Gasteiger partial charge in [-0.05, 0) is 19.9 Å². The molecule has 116 valence electrons. The molecule has 0 unspecified atom stereocenters. The molecule has 8 heteroatoms. The molecule has 0 aliphatic heterocycles. The van der Waals surface area contributed by atoms with Crippen LogP contribution in [0, 0.1) is 0 Å². The second-order valence-corrected chi connectivity index (χ2v) is 4.98. The molecular weight excluding hydrogens is 283 g/mol. The summed E-state index contributed by atoms with van der Waals surface area (Å²) < 4.78 is 40.2. The first kappa shape index (κ1) is 15.6. The maximum atomic E-state index is 12.4. The molecule has 21 heavy (non-hydrogen) atoms. The third-order valence-corrected chi connectivity index (χ3v) is 3.40. The van der Waals surface area contributed by atoms with E-state index in [1.165, 1.54) is 12.4 Å². The summed E-state index contributed by atoms with van der Waals surface area (Å²) in [6, 6.07) is 1.96. The van der Waals surface area contributed by atoms with E-state index in [1.54, 1.807) is 10.9 Å². The highest BCUT2D eigenvalue weighted by Gasteiger charge is 2.28. The fraction of sp³-hybridized carbons (Fsp3) is 0.538. The molecule has 2 aromatic rings. The van der Waals surface area contributed by atoms with Crippen molar-refractivity contribution in [3.8, 4) is 0 Å². The highest BCUT2D eigenvalue weighted by Crippen LogP contribution is 2.18. The topological polar surface area (TPSA) is 47.7 Å². The van der Waals surface area contributed by atoms with Gasteiger partial charge < -0.3 is 9.88 Å². The van der Waals surface area contributed by atoms with E-state index in [1.807, 2.05) is 26.1 Å². The summed E-state index contributed by atoms with van der Waals surface area (Å²) in [5, 5.41) is 7.34. The molecule has 0 aromatic carbocycles. The van der Waals surface area contributed by atoms with E-state index in [0.29, 0.717) is 5.82 Å². The van der Waals surface area contributed by atoms with Crippen LogP contribution in [0.15, 0.2) is 30.9 Å². The number of nitrogens with zero attached hydrogens (tertiary/aromatic N) is 4. The summed E-state index contributed by atoms with van der Waals surface area (Å²) in [6.07, 6.45) is 2.02. The molecule has 2 heterocycles. The van der Waals surface area contributed by atoms with E-state index >= 15 is 0 Å². The van der Waals surface area contributed by atoms with Crippen molar-refractivity contribution in [2.75, 3.05) is 0 Å². The minimum absolute atomic E-state index is 0.0425. The third kappa shape index (κ3) is 4.32. The molecule has 0 aliphatic carbocycles. The highest BCUT2D eigenvalue weighted by molar-refractivity contribution is 4.94. The van der Waals surface area contributed by atoms with Gasteiger partial charge in [0.25, 0.3) is 0 Å². The minimum atomic E-state index is -4.25. The van der Waals surface area contributed by atoms with Crippen LogP contribution in [0.25, 0.3) is 0 Å². The van der Waals surface area contributed by atoms with Crippen molar-refractivity contribution in [3.63, 3.8) is 0 Å². The second-order valence-electron chi connectivity index (χ2n) is 4.98. The molecular formula is C13H18F3N5. The lowest BCUT2D eigenvalue weighted by Crippen LogP contribution is -2.34. The summed E-state index contributed by atoms with van der Waals surface area (Å²) in [5.74, 6) is 0.367. The van der Waals surface area contributed by atoms with Crippen LogP contribution in [0.4, 0.5) is 13.2 Å². The lowest BCUT2D eigenvalue weighted by Gasteiger charge is -2.22.